The highest BCUT2D eigenvalue weighted by Gasteiger charge is 2.28. The Hall–Kier alpha value is -3.67. The fourth-order valence-electron chi connectivity index (χ4n) is 5.20. The first kappa shape index (κ1) is 26.4. The number of phenols is 1. The summed E-state index contributed by atoms with van der Waals surface area (Å²) in [5.74, 6) is 2.67. The lowest BCUT2D eigenvalue weighted by molar-refractivity contribution is 0.323. The molecule has 6 heteroatoms. The third-order valence-corrected chi connectivity index (χ3v) is 6.71. The van der Waals surface area contributed by atoms with E-state index in [4.69, 9.17) is 18.6 Å². The number of ether oxygens (including phenoxy) is 3. The summed E-state index contributed by atoms with van der Waals surface area (Å²) in [5.41, 5.74) is 3.17. The van der Waals surface area contributed by atoms with Gasteiger partial charge in [0.2, 0.25) is 11.2 Å². The van der Waals surface area contributed by atoms with Crippen LogP contribution in [0.2, 0.25) is 0 Å². The molecule has 37 heavy (non-hydrogen) atoms. The van der Waals surface area contributed by atoms with Crippen LogP contribution in [0.15, 0.2) is 39.5 Å². The maximum absolute atomic E-state index is 14.2. The Bertz CT molecular complexity index is 1530. The van der Waals surface area contributed by atoms with Crippen LogP contribution in [0.25, 0.3) is 32.9 Å². The summed E-state index contributed by atoms with van der Waals surface area (Å²) < 4.78 is 23.5. The topological polar surface area (TPSA) is 78.1 Å². The van der Waals surface area contributed by atoms with Crippen LogP contribution in [-0.2, 0) is 12.8 Å². The van der Waals surface area contributed by atoms with Crippen LogP contribution in [0.4, 0.5) is 0 Å². The second-order valence-corrected chi connectivity index (χ2v) is 10.3. The molecule has 0 aliphatic heterocycles. The molecule has 3 aromatic carbocycles. The molecule has 0 spiro atoms. The summed E-state index contributed by atoms with van der Waals surface area (Å²) in [5, 5.41) is 12.7. The predicted molar refractivity (Wildman–Crippen MR) is 149 cm³/mol. The SMILES string of the molecule is COc1c(OC)c(OC)c2c(=O)c(-c3ccc4c(CC(C)C)c(O)ccc4c3)c(C)oc2c1CC(C)C. The van der Waals surface area contributed by atoms with Gasteiger partial charge in [-0.3, -0.25) is 4.79 Å². The van der Waals surface area contributed by atoms with Gasteiger partial charge in [0.1, 0.15) is 22.5 Å². The second kappa shape index (κ2) is 10.4. The van der Waals surface area contributed by atoms with Gasteiger partial charge in [0, 0.05) is 11.1 Å². The number of phenolic OH excluding ortho intramolecular Hbond substituents is 1. The Morgan fingerprint density at radius 3 is 2.05 bits per heavy atom. The van der Waals surface area contributed by atoms with E-state index in [1.165, 1.54) is 14.2 Å². The van der Waals surface area contributed by atoms with E-state index in [9.17, 15) is 9.90 Å². The van der Waals surface area contributed by atoms with Crippen LogP contribution in [0.1, 0.15) is 44.6 Å². The third-order valence-electron chi connectivity index (χ3n) is 6.71. The lowest BCUT2D eigenvalue weighted by Crippen LogP contribution is -2.12. The van der Waals surface area contributed by atoms with E-state index in [0.717, 1.165) is 33.9 Å². The number of hydrogen-bond donors (Lipinski definition) is 1. The number of aromatic hydroxyl groups is 1. The molecule has 1 aromatic heterocycles. The molecule has 0 unspecified atom stereocenters. The van der Waals surface area contributed by atoms with Crippen LogP contribution in [-0.4, -0.2) is 26.4 Å². The van der Waals surface area contributed by atoms with Crippen molar-refractivity contribution in [2.45, 2.75) is 47.5 Å². The van der Waals surface area contributed by atoms with E-state index < -0.39 is 0 Å². The average Bonchev–Trinajstić information content (AvgIpc) is 2.85. The van der Waals surface area contributed by atoms with E-state index in [2.05, 4.69) is 27.7 Å². The fourth-order valence-corrected chi connectivity index (χ4v) is 5.20. The number of benzene rings is 3. The smallest absolute Gasteiger partial charge is 0.204 e. The fraction of sp³-hybridized carbons (Fsp3) is 0.387. The van der Waals surface area contributed by atoms with Crippen molar-refractivity contribution in [3.05, 3.63) is 57.4 Å². The van der Waals surface area contributed by atoms with Crippen molar-refractivity contribution in [3.63, 3.8) is 0 Å². The van der Waals surface area contributed by atoms with Crippen molar-refractivity contribution in [3.8, 4) is 34.1 Å². The minimum Gasteiger partial charge on any atom is -0.508 e. The molecule has 0 atom stereocenters. The molecule has 6 nitrogen and oxygen atoms in total. The molecule has 0 bridgehead atoms. The van der Waals surface area contributed by atoms with Crippen LogP contribution >= 0.6 is 0 Å². The summed E-state index contributed by atoms with van der Waals surface area (Å²) in [6.45, 7) is 10.3. The molecular formula is C31H36O6. The van der Waals surface area contributed by atoms with Gasteiger partial charge in [-0.15, -0.1) is 0 Å². The van der Waals surface area contributed by atoms with Crippen LogP contribution < -0.4 is 19.6 Å². The first-order valence-corrected chi connectivity index (χ1v) is 12.7. The van der Waals surface area contributed by atoms with Crippen LogP contribution in [0.3, 0.4) is 0 Å². The maximum atomic E-state index is 14.2. The predicted octanol–water partition coefficient (Wildman–Crippen LogP) is 7.05. The molecule has 196 valence electrons. The molecule has 1 N–H and O–H groups in total. The lowest BCUT2D eigenvalue weighted by atomic mass is 9.92. The molecule has 0 amide bonds. The molecule has 1 heterocycles. The summed E-state index contributed by atoms with van der Waals surface area (Å²) in [4.78, 5) is 14.2. The van der Waals surface area contributed by atoms with E-state index >= 15 is 0 Å². The van der Waals surface area contributed by atoms with Crippen molar-refractivity contribution < 1.29 is 23.7 Å². The van der Waals surface area contributed by atoms with Gasteiger partial charge in [-0.25, -0.2) is 0 Å². The van der Waals surface area contributed by atoms with Crippen molar-refractivity contribution in [1.29, 1.82) is 0 Å². The van der Waals surface area contributed by atoms with Gasteiger partial charge >= 0.3 is 0 Å². The summed E-state index contributed by atoms with van der Waals surface area (Å²) >= 11 is 0. The molecule has 0 saturated heterocycles. The van der Waals surface area contributed by atoms with Gasteiger partial charge in [-0.1, -0.05) is 45.9 Å². The van der Waals surface area contributed by atoms with E-state index in [0.29, 0.717) is 57.6 Å². The lowest BCUT2D eigenvalue weighted by Gasteiger charge is -2.20. The highest BCUT2D eigenvalue weighted by molar-refractivity contribution is 5.97. The van der Waals surface area contributed by atoms with E-state index in [-0.39, 0.29) is 11.3 Å². The molecule has 0 aliphatic carbocycles. The molecular weight excluding hydrogens is 468 g/mol. The zero-order valence-electron chi connectivity index (χ0n) is 22.9. The Morgan fingerprint density at radius 2 is 1.46 bits per heavy atom. The van der Waals surface area contributed by atoms with Gasteiger partial charge in [-0.2, -0.15) is 0 Å². The minimum absolute atomic E-state index is 0.193. The van der Waals surface area contributed by atoms with Crippen LogP contribution in [0, 0.1) is 18.8 Å². The number of aryl methyl sites for hydroxylation is 1. The van der Waals surface area contributed by atoms with Gasteiger partial charge in [0.15, 0.2) is 11.5 Å². The number of methoxy groups -OCH3 is 3. The van der Waals surface area contributed by atoms with Crippen molar-refractivity contribution in [2.75, 3.05) is 21.3 Å². The summed E-state index contributed by atoms with van der Waals surface area (Å²) in [7, 11) is 4.62. The van der Waals surface area contributed by atoms with Crippen LogP contribution in [0.5, 0.6) is 23.0 Å². The molecule has 4 rings (SSSR count). The highest BCUT2D eigenvalue weighted by atomic mass is 16.5. The normalized spacial score (nSPS) is 11.6. The van der Waals surface area contributed by atoms with Crippen molar-refractivity contribution >= 4 is 21.7 Å². The average molecular weight is 505 g/mol. The molecule has 0 radical (unpaired) electrons. The van der Waals surface area contributed by atoms with E-state index in [1.807, 2.05) is 31.2 Å². The maximum Gasteiger partial charge on any atom is 0.204 e. The number of hydrogen-bond acceptors (Lipinski definition) is 6. The largest absolute Gasteiger partial charge is 0.508 e. The first-order chi connectivity index (χ1) is 17.6. The van der Waals surface area contributed by atoms with E-state index in [1.54, 1.807) is 13.2 Å². The molecule has 0 fully saturated rings. The Kier molecular flexibility index (Phi) is 7.39. The quantitative estimate of drug-likeness (QED) is 0.277. The number of fused-ring (bicyclic) bond motifs is 2. The second-order valence-electron chi connectivity index (χ2n) is 10.3. The summed E-state index contributed by atoms with van der Waals surface area (Å²) in [6, 6.07) is 9.47. The monoisotopic (exact) mass is 504 g/mol. The molecule has 0 aliphatic rings. The first-order valence-electron chi connectivity index (χ1n) is 12.7. The Morgan fingerprint density at radius 1 is 0.838 bits per heavy atom. The molecule has 0 saturated carbocycles. The van der Waals surface area contributed by atoms with Gasteiger partial charge in [0.25, 0.3) is 0 Å². The Balaban J connectivity index is 2.06. The van der Waals surface area contributed by atoms with Crippen molar-refractivity contribution in [1.82, 2.24) is 0 Å². The Labute approximate surface area is 217 Å². The number of rotatable bonds is 8. The van der Waals surface area contributed by atoms with Crippen molar-refractivity contribution in [2.24, 2.45) is 11.8 Å². The molecule has 4 aromatic rings. The minimum atomic E-state index is -0.193. The summed E-state index contributed by atoms with van der Waals surface area (Å²) in [6.07, 6.45) is 1.40. The van der Waals surface area contributed by atoms with Gasteiger partial charge < -0.3 is 23.7 Å². The standard InChI is InChI=1S/C31H36O6/c1-16(2)13-22-21-11-9-20(15-19(21)10-12-24(22)32)25-18(5)37-28-23(14-17(3)4)29(34-6)31(36-8)30(35-7)26(28)27(25)33/h9-12,15-17,32H,13-14H2,1-8H3. The zero-order chi connectivity index (χ0) is 27.0. The van der Waals surface area contributed by atoms with Gasteiger partial charge in [0.05, 0.1) is 26.9 Å². The highest BCUT2D eigenvalue weighted by Crippen LogP contribution is 2.47. The third kappa shape index (κ3) is 4.61. The zero-order valence-corrected chi connectivity index (χ0v) is 22.9. The van der Waals surface area contributed by atoms with Gasteiger partial charge in [-0.05, 0) is 60.1 Å².